The van der Waals surface area contributed by atoms with Crippen LogP contribution >= 0.6 is 0 Å². The van der Waals surface area contributed by atoms with Gasteiger partial charge in [-0.05, 0) is 12.8 Å². The van der Waals surface area contributed by atoms with Crippen molar-refractivity contribution in [2.45, 2.75) is 44.2 Å². The quantitative estimate of drug-likeness (QED) is 0.769. The molecule has 1 fully saturated rings. The van der Waals surface area contributed by atoms with Gasteiger partial charge in [0.15, 0.2) is 0 Å². The first-order chi connectivity index (χ1) is 7.77. The maximum atomic E-state index is 9.79. The molecule has 1 heterocycles. The van der Waals surface area contributed by atoms with E-state index >= 15 is 0 Å². The third kappa shape index (κ3) is 2.80. The Morgan fingerprint density at radius 1 is 1.50 bits per heavy atom. The van der Waals surface area contributed by atoms with Gasteiger partial charge in [-0.2, -0.15) is 0 Å². The van der Waals surface area contributed by atoms with Crippen LogP contribution in [0.1, 0.15) is 31.5 Å². The highest BCUT2D eigenvalue weighted by molar-refractivity contribution is 4.87. The fourth-order valence-electron chi connectivity index (χ4n) is 2.25. The zero-order valence-corrected chi connectivity index (χ0v) is 9.76. The molecule has 5 nitrogen and oxygen atoms in total. The summed E-state index contributed by atoms with van der Waals surface area (Å²) in [7, 11) is 1.95. The summed E-state index contributed by atoms with van der Waals surface area (Å²) in [5.74, 6) is 0.984. The van der Waals surface area contributed by atoms with Crippen LogP contribution in [-0.2, 0) is 13.5 Å². The van der Waals surface area contributed by atoms with Gasteiger partial charge in [-0.1, -0.05) is 12.8 Å². The summed E-state index contributed by atoms with van der Waals surface area (Å²) in [5, 5.41) is 21.1. The molecule has 0 aromatic carbocycles. The van der Waals surface area contributed by atoms with Crippen molar-refractivity contribution < 1.29 is 5.11 Å². The summed E-state index contributed by atoms with van der Waals surface area (Å²) in [6.07, 6.45) is 6.79. The Bertz CT molecular complexity index is 326. The standard InChI is InChI=1S/C11H20N4O/c1-15-8-13-14-11(15)6-7-12-9-4-2-3-5-10(9)16/h8-10,12,16H,2-7H2,1H3. The smallest absolute Gasteiger partial charge is 0.133 e. The van der Waals surface area contributed by atoms with Crippen molar-refractivity contribution in [1.82, 2.24) is 20.1 Å². The summed E-state index contributed by atoms with van der Waals surface area (Å²) in [6.45, 7) is 0.855. The number of hydrogen-bond acceptors (Lipinski definition) is 4. The highest BCUT2D eigenvalue weighted by Gasteiger charge is 2.21. The van der Waals surface area contributed by atoms with Crippen molar-refractivity contribution in [2.24, 2.45) is 7.05 Å². The molecule has 1 aliphatic carbocycles. The van der Waals surface area contributed by atoms with Crippen LogP contribution in [0.2, 0.25) is 0 Å². The van der Waals surface area contributed by atoms with Gasteiger partial charge in [-0.15, -0.1) is 10.2 Å². The lowest BCUT2D eigenvalue weighted by atomic mass is 9.92. The minimum absolute atomic E-state index is 0.173. The van der Waals surface area contributed by atoms with Crippen molar-refractivity contribution in [2.75, 3.05) is 6.54 Å². The van der Waals surface area contributed by atoms with Crippen molar-refractivity contribution in [3.8, 4) is 0 Å². The molecule has 0 bridgehead atoms. The van der Waals surface area contributed by atoms with E-state index in [0.717, 1.165) is 38.1 Å². The number of aliphatic hydroxyl groups is 1. The van der Waals surface area contributed by atoms with Crippen LogP contribution in [0.4, 0.5) is 0 Å². The third-order valence-electron chi connectivity index (χ3n) is 3.29. The van der Waals surface area contributed by atoms with Crippen LogP contribution in [0.15, 0.2) is 6.33 Å². The molecule has 2 N–H and O–H groups in total. The monoisotopic (exact) mass is 224 g/mol. The van der Waals surface area contributed by atoms with E-state index in [1.54, 1.807) is 6.33 Å². The second-order valence-electron chi connectivity index (χ2n) is 4.52. The van der Waals surface area contributed by atoms with Crippen molar-refractivity contribution in [1.29, 1.82) is 0 Å². The van der Waals surface area contributed by atoms with E-state index in [1.165, 1.54) is 6.42 Å². The molecule has 90 valence electrons. The van der Waals surface area contributed by atoms with Gasteiger partial charge in [0.2, 0.25) is 0 Å². The highest BCUT2D eigenvalue weighted by atomic mass is 16.3. The molecule has 2 rings (SSSR count). The number of aliphatic hydroxyl groups excluding tert-OH is 1. The molecule has 1 saturated carbocycles. The minimum Gasteiger partial charge on any atom is -0.392 e. The predicted octanol–water partition coefficient (Wildman–Crippen LogP) is 0.251. The fraction of sp³-hybridized carbons (Fsp3) is 0.818. The van der Waals surface area contributed by atoms with Crippen molar-refractivity contribution in [3.63, 3.8) is 0 Å². The Morgan fingerprint density at radius 3 is 3.00 bits per heavy atom. The Labute approximate surface area is 95.9 Å². The lowest BCUT2D eigenvalue weighted by molar-refractivity contribution is 0.0913. The number of aromatic nitrogens is 3. The number of hydrogen-bond donors (Lipinski definition) is 2. The number of nitrogens with one attached hydrogen (secondary N) is 1. The van der Waals surface area contributed by atoms with Crippen LogP contribution in [0.25, 0.3) is 0 Å². The van der Waals surface area contributed by atoms with E-state index in [1.807, 2.05) is 11.6 Å². The summed E-state index contributed by atoms with van der Waals surface area (Å²) >= 11 is 0. The molecule has 1 aromatic heterocycles. The summed E-state index contributed by atoms with van der Waals surface area (Å²) in [4.78, 5) is 0. The molecule has 0 spiro atoms. The number of aryl methyl sites for hydroxylation is 1. The second-order valence-corrected chi connectivity index (χ2v) is 4.52. The lowest BCUT2D eigenvalue weighted by Gasteiger charge is -2.28. The van der Waals surface area contributed by atoms with Gasteiger partial charge in [0.1, 0.15) is 12.2 Å². The molecule has 0 saturated heterocycles. The molecule has 2 atom stereocenters. The topological polar surface area (TPSA) is 63.0 Å². The van der Waals surface area contributed by atoms with E-state index < -0.39 is 0 Å². The normalized spacial score (nSPS) is 25.9. The molecular weight excluding hydrogens is 204 g/mol. The number of nitrogens with zero attached hydrogens (tertiary/aromatic N) is 3. The second kappa shape index (κ2) is 5.41. The van der Waals surface area contributed by atoms with E-state index in [9.17, 15) is 5.11 Å². The molecule has 16 heavy (non-hydrogen) atoms. The van der Waals surface area contributed by atoms with Crippen LogP contribution in [0.3, 0.4) is 0 Å². The average molecular weight is 224 g/mol. The maximum absolute atomic E-state index is 9.79. The Hall–Kier alpha value is -0.940. The van der Waals surface area contributed by atoms with Crippen molar-refractivity contribution >= 4 is 0 Å². The Kier molecular flexibility index (Phi) is 3.90. The van der Waals surface area contributed by atoms with Gasteiger partial charge in [-0.3, -0.25) is 0 Å². The van der Waals surface area contributed by atoms with E-state index in [4.69, 9.17) is 0 Å². The molecule has 0 radical (unpaired) electrons. The van der Waals surface area contributed by atoms with Gasteiger partial charge in [0.25, 0.3) is 0 Å². The largest absolute Gasteiger partial charge is 0.392 e. The number of rotatable bonds is 4. The van der Waals surface area contributed by atoms with Crippen LogP contribution in [0, 0.1) is 0 Å². The first-order valence-corrected chi connectivity index (χ1v) is 6.01. The molecular formula is C11H20N4O. The van der Waals surface area contributed by atoms with Crippen LogP contribution < -0.4 is 5.32 Å². The Balaban J connectivity index is 1.73. The van der Waals surface area contributed by atoms with Gasteiger partial charge in [0.05, 0.1) is 6.10 Å². The van der Waals surface area contributed by atoms with Crippen LogP contribution in [-0.4, -0.2) is 38.6 Å². The molecule has 2 unspecified atom stereocenters. The van der Waals surface area contributed by atoms with E-state index in [2.05, 4.69) is 15.5 Å². The van der Waals surface area contributed by atoms with E-state index in [-0.39, 0.29) is 12.1 Å². The van der Waals surface area contributed by atoms with Gasteiger partial charge >= 0.3 is 0 Å². The molecule has 0 amide bonds. The third-order valence-corrected chi connectivity index (χ3v) is 3.29. The molecule has 1 aliphatic rings. The van der Waals surface area contributed by atoms with Gasteiger partial charge in [-0.25, -0.2) is 0 Å². The SMILES string of the molecule is Cn1cnnc1CCNC1CCCCC1O. The lowest BCUT2D eigenvalue weighted by Crippen LogP contribution is -2.42. The summed E-state index contributed by atoms with van der Waals surface area (Å²) in [6, 6.07) is 0.266. The van der Waals surface area contributed by atoms with Gasteiger partial charge < -0.3 is 15.0 Å². The summed E-state index contributed by atoms with van der Waals surface area (Å²) in [5.41, 5.74) is 0. The summed E-state index contributed by atoms with van der Waals surface area (Å²) < 4.78 is 1.93. The first kappa shape index (κ1) is 11.5. The first-order valence-electron chi connectivity index (χ1n) is 6.01. The molecule has 1 aromatic rings. The minimum atomic E-state index is -0.173. The maximum Gasteiger partial charge on any atom is 0.133 e. The fourth-order valence-corrected chi connectivity index (χ4v) is 2.25. The highest BCUT2D eigenvalue weighted by Crippen LogP contribution is 2.18. The van der Waals surface area contributed by atoms with E-state index in [0.29, 0.717) is 0 Å². The zero-order chi connectivity index (χ0) is 11.4. The van der Waals surface area contributed by atoms with Crippen molar-refractivity contribution in [3.05, 3.63) is 12.2 Å². The predicted molar refractivity (Wildman–Crippen MR) is 61.0 cm³/mol. The average Bonchev–Trinajstić information content (AvgIpc) is 2.67. The molecule has 0 aliphatic heterocycles. The zero-order valence-electron chi connectivity index (χ0n) is 9.76. The van der Waals surface area contributed by atoms with Crippen LogP contribution in [0.5, 0.6) is 0 Å². The Morgan fingerprint density at radius 2 is 2.31 bits per heavy atom. The molecule has 5 heteroatoms. The van der Waals surface area contributed by atoms with Gasteiger partial charge in [0, 0.05) is 26.1 Å².